The summed E-state index contributed by atoms with van der Waals surface area (Å²) in [5.74, 6) is 1.52. The van der Waals surface area contributed by atoms with Gasteiger partial charge in [-0.3, -0.25) is 0 Å². The Bertz CT molecular complexity index is 872. The molecule has 8 heteroatoms. The monoisotopic (exact) mass is 346 g/mol. The highest BCUT2D eigenvalue weighted by molar-refractivity contribution is 5.95. The summed E-state index contributed by atoms with van der Waals surface area (Å²) in [5.41, 5.74) is 2.24. The molecular formula is C17H16F2N4O2. The first-order valence-corrected chi connectivity index (χ1v) is 7.48. The molecule has 0 amide bonds. The molecule has 0 aliphatic heterocycles. The molecule has 1 aromatic carbocycles. The number of benzene rings is 1. The van der Waals surface area contributed by atoms with Gasteiger partial charge in [-0.25, -0.2) is 13.8 Å². The fourth-order valence-electron chi connectivity index (χ4n) is 2.45. The van der Waals surface area contributed by atoms with Crippen molar-refractivity contribution in [2.75, 3.05) is 26.1 Å². The zero-order valence-electron chi connectivity index (χ0n) is 13.7. The lowest BCUT2D eigenvalue weighted by molar-refractivity contribution is 0.163. The molecule has 130 valence electrons. The van der Waals surface area contributed by atoms with Gasteiger partial charge in [-0.1, -0.05) is 0 Å². The van der Waals surface area contributed by atoms with Gasteiger partial charge in [0.15, 0.2) is 11.5 Å². The predicted octanol–water partition coefficient (Wildman–Crippen LogP) is 3.39. The summed E-state index contributed by atoms with van der Waals surface area (Å²) in [6.45, 7) is -0.441. The molecule has 2 aromatic heterocycles. The number of ether oxygens (including phenoxy) is 2. The van der Waals surface area contributed by atoms with Gasteiger partial charge >= 0.3 is 0 Å². The fourth-order valence-corrected chi connectivity index (χ4v) is 2.45. The van der Waals surface area contributed by atoms with Crippen LogP contribution in [0.5, 0.6) is 11.5 Å². The molecular weight excluding hydrogens is 330 g/mol. The molecule has 0 aliphatic rings. The molecule has 0 spiro atoms. The van der Waals surface area contributed by atoms with E-state index in [4.69, 9.17) is 9.47 Å². The van der Waals surface area contributed by atoms with Crippen LogP contribution in [0.25, 0.3) is 22.0 Å². The van der Waals surface area contributed by atoms with E-state index in [9.17, 15) is 8.78 Å². The van der Waals surface area contributed by atoms with E-state index in [1.165, 1.54) is 0 Å². The van der Waals surface area contributed by atoms with Crippen LogP contribution in [0.2, 0.25) is 0 Å². The van der Waals surface area contributed by atoms with Gasteiger partial charge in [-0.05, 0) is 18.2 Å². The number of alkyl halides is 2. The molecule has 0 saturated heterocycles. The molecule has 0 fully saturated rings. The Kier molecular flexibility index (Phi) is 4.87. The van der Waals surface area contributed by atoms with Crippen LogP contribution < -0.4 is 14.8 Å². The molecule has 1 N–H and O–H groups in total. The number of nitrogens with zero attached hydrogens (tertiary/aromatic N) is 3. The number of hydrogen-bond donors (Lipinski definition) is 1. The Balaban J connectivity index is 2.00. The van der Waals surface area contributed by atoms with Crippen LogP contribution in [0.4, 0.5) is 14.6 Å². The maximum Gasteiger partial charge on any atom is 0.255 e. The van der Waals surface area contributed by atoms with Crippen LogP contribution in [0, 0.1) is 0 Å². The Morgan fingerprint density at radius 3 is 2.48 bits per heavy atom. The van der Waals surface area contributed by atoms with Gasteiger partial charge in [0.25, 0.3) is 6.43 Å². The maximum atomic E-state index is 12.2. The van der Waals surface area contributed by atoms with Crippen molar-refractivity contribution in [1.29, 1.82) is 0 Å². The van der Waals surface area contributed by atoms with Crippen LogP contribution in [0.1, 0.15) is 0 Å². The number of pyridine rings is 1. The predicted molar refractivity (Wildman–Crippen MR) is 90.4 cm³/mol. The Morgan fingerprint density at radius 2 is 1.84 bits per heavy atom. The normalized spacial score (nSPS) is 10.9. The minimum atomic E-state index is -2.43. The molecule has 0 unspecified atom stereocenters. The molecule has 2 heterocycles. The Hall–Kier alpha value is -3.03. The van der Waals surface area contributed by atoms with E-state index >= 15 is 0 Å². The molecule has 0 radical (unpaired) electrons. The first kappa shape index (κ1) is 16.8. The van der Waals surface area contributed by atoms with Crippen molar-refractivity contribution in [3.63, 3.8) is 0 Å². The Labute approximate surface area is 142 Å². The molecule has 6 nitrogen and oxygen atoms in total. The smallest absolute Gasteiger partial charge is 0.255 e. The lowest BCUT2D eigenvalue weighted by atomic mass is 10.0. The Morgan fingerprint density at radius 1 is 1.08 bits per heavy atom. The number of anilines is 1. The maximum absolute atomic E-state index is 12.2. The number of rotatable bonds is 6. The van der Waals surface area contributed by atoms with Gasteiger partial charge in [0.2, 0.25) is 0 Å². The summed E-state index contributed by atoms with van der Waals surface area (Å²) in [6, 6.07) is 7.00. The molecule has 25 heavy (non-hydrogen) atoms. The molecule has 0 bridgehead atoms. The highest BCUT2D eigenvalue weighted by Gasteiger charge is 2.12. The molecule has 0 saturated carbocycles. The van der Waals surface area contributed by atoms with E-state index in [1.54, 1.807) is 44.8 Å². The third-order valence-corrected chi connectivity index (χ3v) is 3.66. The average molecular weight is 346 g/mol. The fraction of sp³-hybridized carbons (Fsp3) is 0.235. The van der Waals surface area contributed by atoms with Gasteiger partial charge in [0.1, 0.15) is 5.82 Å². The summed E-state index contributed by atoms with van der Waals surface area (Å²) in [4.78, 5) is 4.16. The van der Waals surface area contributed by atoms with Gasteiger partial charge in [-0.15, -0.1) is 0 Å². The zero-order valence-corrected chi connectivity index (χ0v) is 13.7. The molecule has 0 atom stereocenters. The van der Waals surface area contributed by atoms with Crippen molar-refractivity contribution in [1.82, 2.24) is 15.2 Å². The number of aromatic nitrogens is 3. The minimum absolute atomic E-state index is 0.384. The number of hydrogen-bond acceptors (Lipinski definition) is 6. The van der Waals surface area contributed by atoms with Crippen molar-refractivity contribution >= 4 is 16.7 Å². The van der Waals surface area contributed by atoms with Crippen molar-refractivity contribution in [2.24, 2.45) is 0 Å². The summed E-state index contributed by atoms with van der Waals surface area (Å²) >= 11 is 0. The van der Waals surface area contributed by atoms with Crippen molar-refractivity contribution in [2.45, 2.75) is 6.43 Å². The van der Waals surface area contributed by atoms with E-state index in [1.807, 2.05) is 6.07 Å². The topological polar surface area (TPSA) is 69.2 Å². The van der Waals surface area contributed by atoms with Crippen LogP contribution in [0.3, 0.4) is 0 Å². The summed E-state index contributed by atoms with van der Waals surface area (Å²) in [6.07, 6.45) is 0.788. The van der Waals surface area contributed by atoms with E-state index < -0.39 is 13.0 Å². The largest absolute Gasteiger partial charge is 0.493 e. The standard InChI is InChI=1S/C17H16F2N4O2/c1-24-14-5-11-12(8-22-23-13(11)6-15(14)25-2)10-3-4-17(20-7-10)21-9-16(18)19/h3-8,16H,9H2,1-2H3,(H,20,21). The van der Waals surface area contributed by atoms with Gasteiger partial charge < -0.3 is 14.8 Å². The van der Waals surface area contributed by atoms with Gasteiger partial charge in [0, 0.05) is 28.8 Å². The number of nitrogens with one attached hydrogen (secondary N) is 1. The third-order valence-electron chi connectivity index (χ3n) is 3.66. The quantitative estimate of drug-likeness (QED) is 0.738. The first-order chi connectivity index (χ1) is 12.1. The number of fused-ring (bicyclic) bond motifs is 1. The van der Waals surface area contributed by atoms with Gasteiger partial charge in [-0.2, -0.15) is 10.2 Å². The second-order valence-electron chi connectivity index (χ2n) is 5.19. The lowest BCUT2D eigenvalue weighted by Crippen LogP contribution is -2.10. The van der Waals surface area contributed by atoms with Crippen LogP contribution in [-0.4, -0.2) is 42.4 Å². The number of methoxy groups -OCH3 is 2. The second kappa shape index (κ2) is 7.25. The van der Waals surface area contributed by atoms with Crippen LogP contribution >= 0.6 is 0 Å². The third kappa shape index (κ3) is 3.57. The molecule has 3 aromatic rings. The number of halogens is 2. The summed E-state index contributed by atoms with van der Waals surface area (Å²) < 4.78 is 35.1. The van der Waals surface area contributed by atoms with E-state index in [0.29, 0.717) is 22.8 Å². The van der Waals surface area contributed by atoms with E-state index in [0.717, 1.165) is 16.5 Å². The molecule has 0 aliphatic carbocycles. The van der Waals surface area contributed by atoms with Crippen molar-refractivity contribution in [3.05, 3.63) is 36.7 Å². The average Bonchev–Trinajstić information content (AvgIpc) is 2.65. The summed E-state index contributed by atoms with van der Waals surface area (Å²) in [7, 11) is 3.11. The van der Waals surface area contributed by atoms with E-state index in [-0.39, 0.29) is 0 Å². The lowest BCUT2D eigenvalue weighted by Gasteiger charge is -2.11. The highest BCUT2D eigenvalue weighted by atomic mass is 19.3. The van der Waals surface area contributed by atoms with Crippen molar-refractivity contribution in [3.8, 4) is 22.6 Å². The minimum Gasteiger partial charge on any atom is -0.493 e. The van der Waals surface area contributed by atoms with E-state index in [2.05, 4.69) is 20.5 Å². The van der Waals surface area contributed by atoms with Crippen molar-refractivity contribution < 1.29 is 18.3 Å². The summed E-state index contributed by atoms with van der Waals surface area (Å²) in [5, 5.41) is 11.5. The highest BCUT2D eigenvalue weighted by Crippen LogP contribution is 2.35. The van der Waals surface area contributed by atoms with Crippen LogP contribution in [0.15, 0.2) is 36.7 Å². The second-order valence-corrected chi connectivity index (χ2v) is 5.19. The zero-order chi connectivity index (χ0) is 17.8. The first-order valence-electron chi connectivity index (χ1n) is 7.48. The van der Waals surface area contributed by atoms with Crippen LogP contribution in [-0.2, 0) is 0 Å². The molecule has 3 rings (SSSR count). The SMILES string of the molecule is COc1cc2nncc(-c3ccc(NCC(F)F)nc3)c2cc1OC. The van der Waals surface area contributed by atoms with Gasteiger partial charge in [0.05, 0.1) is 32.5 Å².